The lowest BCUT2D eigenvalue weighted by atomic mass is 10.0. The summed E-state index contributed by atoms with van der Waals surface area (Å²) in [5.41, 5.74) is -1.00. The zero-order valence-electron chi connectivity index (χ0n) is 16.4. The van der Waals surface area contributed by atoms with E-state index in [1.54, 1.807) is 18.2 Å². The van der Waals surface area contributed by atoms with Crippen molar-refractivity contribution in [3.8, 4) is 0 Å². The van der Waals surface area contributed by atoms with E-state index in [0.717, 1.165) is 4.57 Å². The number of fused-ring (bicyclic) bond motifs is 1. The number of aromatic nitrogens is 2. The summed E-state index contributed by atoms with van der Waals surface area (Å²) >= 11 is 0. The molecule has 0 saturated heterocycles. The van der Waals surface area contributed by atoms with Gasteiger partial charge < -0.3 is 20.7 Å². The average Bonchev–Trinajstić information content (AvgIpc) is 2.64. The predicted molar refractivity (Wildman–Crippen MR) is 105 cm³/mol. The zero-order valence-corrected chi connectivity index (χ0v) is 16.4. The van der Waals surface area contributed by atoms with Crippen molar-refractivity contribution in [3.63, 3.8) is 0 Å². The molecule has 0 aliphatic heterocycles. The molecule has 1 aromatic carbocycles. The minimum atomic E-state index is -1.21. The largest absolute Gasteiger partial charge is 0.480 e. The number of carbonyl (C=O) groups is 3. The quantitative estimate of drug-likeness (QED) is 0.479. The highest BCUT2D eigenvalue weighted by molar-refractivity contribution is 5.90. The number of hydrogen-bond acceptors (Lipinski definition) is 5. The van der Waals surface area contributed by atoms with Gasteiger partial charge >= 0.3 is 11.7 Å². The molecule has 0 unspecified atom stereocenters. The van der Waals surface area contributed by atoms with Crippen LogP contribution < -0.4 is 21.9 Å². The second-order valence-electron chi connectivity index (χ2n) is 7.19. The fourth-order valence-electron chi connectivity index (χ4n) is 2.80. The van der Waals surface area contributed by atoms with Crippen molar-refractivity contribution >= 4 is 28.7 Å². The Hall–Kier alpha value is -3.43. The topological polar surface area (TPSA) is 150 Å². The van der Waals surface area contributed by atoms with Crippen LogP contribution in [0.2, 0.25) is 0 Å². The molecule has 2 aromatic rings. The highest BCUT2D eigenvalue weighted by Gasteiger charge is 2.25. The number of amides is 2. The standard InChI is InChI=1S/C19H24N4O6/c1-10(2)8-14(16(25)20-11(3)18(27)28)21-15(24)9-23-17(26)12-6-4-5-7-13(12)22-19(23)29/h4-7,10-11,14H,8-9H2,1-3H3,(H,20,25)(H,21,24)(H,22,29)(H,27,28)/t11-,14-/m0/s1. The van der Waals surface area contributed by atoms with Gasteiger partial charge in [-0.25, -0.2) is 4.79 Å². The first kappa shape index (κ1) is 21.9. The third kappa shape index (κ3) is 5.53. The molecule has 4 N–H and O–H groups in total. The van der Waals surface area contributed by atoms with Crippen LogP contribution in [0.4, 0.5) is 0 Å². The van der Waals surface area contributed by atoms with Crippen molar-refractivity contribution in [3.05, 3.63) is 45.1 Å². The van der Waals surface area contributed by atoms with Gasteiger partial charge in [0.25, 0.3) is 5.56 Å². The van der Waals surface area contributed by atoms with Crippen LogP contribution in [0.25, 0.3) is 10.9 Å². The highest BCUT2D eigenvalue weighted by atomic mass is 16.4. The summed E-state index contributed by atoms with van der Waals surface area (Å²) in [6, 6.07) is 4.29. The lowest BCUT2D eigenvalue weighted by Gasteiger charge is -2.21. The molecule has 156 valence electrons. The normalized spacial score (nSPS) is 13.1. The average molecular weight is 404 g/mol. The first-order chi connectivity index (χ1) is 13.6. The third-order valence-corrected chi connectivity index (χ3v) is 4.28. The van der Waals surface area contributed by atoms with E-state index in [0.29, 0.717) is 5.52 Å². The summed E-state index contributed by atoms with van der Waals surface area (Å²) in [7, 11) is 0. The number of carbonyl (C=O) groups excluding carboxylic acids is 2. The summed E-state index contributed by atoms with van der Waals surface area (Å²) < 4.78 is 0.752. The Kier molecular flexibility index (Phi) is 6.92. The lowest BCUT2D eigenvalue weighted by molar-refractivity contribution is -0.141. The second kappa shape index (κ2) is 9.18. The van der Waals surface area contributed by atoms with Gasteiger partial charge in [-0.15, -0.1) is 0 Å². The number of nitrogens with zero attached hydrogens (tertiary/aromatic N) is 1. The molecule has 1 heterocycles. The maximum Gasteiger partial charge on any atom is 0.329 e. The Morgan fingerprint density at radius 2 is 1.76 bits per heavy atom. The van der Waals surface area contributed by atoms with Gasteiger partial charge in [0.15, 0.2) is 0 Å². The first-order valence-corrected chi connectivity index (χ1v) is 9.14. The molecule has 29 heavy (non-hydrogen) atoms. The van der Waals surface area contributed by atoms with Crippen molar-refractivity contribution in [1.29, 1.82) is 0 Å². The fraction of sp³-hybridized carbons (Fsp3) is 0.421. The zero-order chi connectivity index (χ0) is 21.7. The van der Waals surface area contributed by atoms with Gasteiger partial charge in [0, 0.05) is 0 Å². The number of aromatic amines is 1. The third-order valence-electron chi connectivity index (χ3n) is 4.28. The number of carboxylic acid groups (broad SMARTS) is 1. The summed E-state index contributed by atoms with van der Waals surface area (Å²) in [6.45, 7) is 4.41. The number of para-hydroxylation sites is 1. The molecule has 0 aliphatic carbocycles. The number of rotatable bonds is 8. The van der Waals surface area contributed by atoms with Gasteiger partial charge in [-0.3, -0.25) is 23.7 Å². The molecule has 0 fully saturated rings. The van der Waals surface area contributed by atoms with Crippen LogP contribution in [0, 0.1) is 5.92 Å². The molecule has 0 radical (unpaired) electrons. The van der Waals surface area contributed by atoms with Gasteiger partial charge in [0.1, 0.15) is 18.6 Å². The minimum Gasteiger partial charge on any atom is -0.480 e. The fourth-order valence-corrected chi connectivity index (χ4v) is 2.80. The van der Waals surface area contributed by atoms with Crippen LogP contribution in [-0.2, 0) is 20.9 Å². The number of nitrogens with one attached hydrogen (secondary N) is 3. The minimum absolute atomic E-state index is 0.0259. The van der Waals surface area contributed by atoms with Gasteiger partial charge in [-0.2, -0.15) is 0 Å². The van der Waals surface area contributed by atoms with Gasteiger partial charge in [0.2, 0.25) is 11.8 Å². The van der Waals surface area contributed by atoms with Crippen molar-refractivity contribution in [2.45, 2.75) is 45.8 Å². The molecular formula is C19H24N4O6. The maximum atomic E-state index is 12.5. The van der Waals surface area contributed by atoms with E-state index in [1.165, 1.54) is 13.0 Å². The molecular weight excluding hydrogens is 380 g/mol. The number of carboxylic acids is 1. The molecule has 0 spiro atoms. The van der Waals surface area contributed by atoms with E-state index in [2.05, 4.69) is 15.6 Å². The molecule has 2 atom stereocenters. The lowest BCUT2D eigenvalue weighted by Crippen LogP contribution is -2.52. The molecule has 2 amide bonds. The molecule has 0 bridgehead atoms. The number of H-pyrrole nitrogens is 1. The Labute approximate surface area is 165 Å². The van der Waals surface area contributed by atoms with Gasteiger partial charge in [-0.05, 0) is 31.4 Å². The van der Waals surface area contributed by atoms with Crippen molar-refractivity contribution in [2.24, 2.45) is 5.92 Å². The van der Waals surface area contributed by atoms with Crippen LogP contribution in [0.1, 0.15) is 27.2 Å². The first-order valence-electron chi connectivity index (χ1n) is 9.14. The van der Waals surface area contributed by atoms with Crippen LogP contribution in [0.15, 0.2) is 33.9 Å². The summed E-state index contributed by atoms with van der Waals surface area (Å²) in [5.74, 6) is -2.54. The smallest absolute Gasteiger partial charge is 0.329 e. The Morgan fingerprint density at radius 3 is 2.38 bits per heavy atom. The number of benzene rings is 1. The molecule has 0 aliphatic rings. The van der Waals surface area contributed by atoms with Gasteiger partial charge in [-0.1, -0.05) is 26.0 Å². The molecule has 10 heteroatoms. The van der Waals surface area contributed by atoms with E-state index >= 15 is 0 Å². The van der Waals surface area contributed by atoms with E-state index < -0.39 is 47.7 Å². The Bertz CT molecular complexity index is 1040. The highest BCUT2D eigenvalue weighted by Crippen LogP contribution is 2.06. The van der Waals surface area contributed by atoms with Gasteiger partial charge in [0.05, 0.1) is 10.9 Å². The van der Waals surface area contributed by atoms with E-state index in [1.807, 2.05) is 13.8 Å². The molecule has 1 aromatic heterocycles. The Morgan fingerprint density at radius 1 is 1.10 bits per heavy atom. The summed E-state index contributed by atoms with van der Waals surface area (Å²) in [6.07, 6.45) is 0.257. The van der Waals surface area contributed by atoms with Crippen LogP contribution in [0.5, 0.6) is 0 Å². The van der Waals surface area contributed by atoms with Crippen LogP contribution >= 0.6 is 0 Å². The SMILES string of the molecule is CC(C)C[C@H](NC(=O)Cn1c(=O)[nH]c2ccccc2c1=O)C(=O)N[C@@H](C)C(=O)O. The number of aliphatic carboxylic acids is 1. The van der Waals surface area contributed by atoms with E-state index in [-0.39, 0.29) is 17.7 Å². The second-order valence-corrected chi connectivity index (χ2v) is 7.19. The Balaban J connectivity index is 2.21. The van der Waals surface area contributed by atoms with Crippen molar-refractivity contribution < 1.29 is 19.5 Å². The van der Waals surface area contributed by atoms with Crippen molar-refractivity contribution in [1.82, 2.24) is 20.2 Å². The molecule has 10 nitrogen and oxygen atoms in total. The van der Waals surface area contributed by atoms with E-state index in [4.69, 9.17) is 5.11 Å². The summed E-state index contributed by atoms with van der Waals surface area (Å²) in [5, 5.41) is 14.0. The van der Waals surface area contributed by atoms with Crippen LogP contribution in [0.3, 0.4) is 0 Å². The molecule has 0 saturated carbocycles. The van der Waals surface area contributed by atoms with Crippen LogP contribution in [-0.4, -0.2) is 44.5 Å². The molecule has 2 rings (SSSR count). The summed E-state index contributed by atoms with van der Waals surface area (Å²) in [4.78, 5) is 63.0. The monoisotopic (exact) mass is 404 g/mol. The van der Waals surface area contributed by atoms with E-state index in [9.17, 15) is 24.0 Å². The predicted octanol–water partition coefficient (Wildman–Crippen LogP) is -0.190. The maximum absolute atomic E-state index is 12.5. The van der Waals surface area contributed by atoms with Crippen molar-refractivity contribution in [2.75, 3.05) is 0 Å². The number of hydrogen-bond donors (Lipinski definition) is 4.